The first-order valence-corrected chi connectivity index (χ1v) is 2.95. The maximum Gasteiger partial charge on any atom is 0.0516 e. The summed E-state index contributed by atoms with van der Waals surface area (Å²) in [5.41, 5.74) is 7.56. The molecule has 0 saturated heterocycles. The lowest BCUT2D eigenvalue weighted by molar-refractivity contribution is 0.523. The van der Waals surface area contributed by atoms with Crippen molar-refractivity contribution in [3.05, 3.63) is 10.4 Å². The molecule has 2 atom stereocenters. The van der Waals surface area contributed by atoms with Crippen molar-refractivity contribution in [2.45, 2.75) is 32.7 Å². The molecule has 0 aromatic heterocycles. The van der Waals surface area contributed by atoms with Crippen LogP contribution in [0, 0.1) is 5.41 Å². The minimum atomic E-state index is -0.470. The van der Waals surface area contributed by atoms with Gasteiger partial charge in [0.2, 0.25) is 0 Å². The Balaban J connectivity index is 2.87. The molecule has 1 fully saturated rings. The van der Waals surface area contributed by atoms with Crippen LogP contribution in [0.4, 0.5) is 0 Å². The van der Waals surface area contributed by atoms with Gasteiger partial charge in [0.25, 0.3) is 0 Å². The molecule has 0 radical (unpaired) electrons. The van der Waals surface area contributed by atoms with Crippen molar-refractivity contribution in [3.8, 4) is 0 Å². The molecule has 0 amide bonds. The Bertz CT molecular complexity index is 207. The number of nitrogens with zero attached hydrogens (tertiary/aromatic N) is 3. The van der Waals surface area contributed by atoms with Crippen LogP contribution >= 0.6 is 0 Å². The van der Waals surface area contributed by atoms with Crippen LogP contribution in [0.25, 0.3) is 10.4 Å². The Hall–Kier alpha value is -0.690. The summed E-state index contributed by atoms with van der Waals surface area (Å²) >= 11 is 0. The second-order valence-electron chi connectivity index (χ2n) is 3.20. The molecule has 0 unspecified atom stereocenters. The highest BCUT2D eigenvalue weighted by atomic mass is 15.2. The molecule has 1 aliphatic carbocycles. The average molecular weight is 126 g/mol. The maximum atomic E-state index is 8.17. The quantitative estimate of drug-likeness (QED) is 0.294. The molecule has 3 heteroatoms. The predicted octanol–water partition coefficient (Wildman–Crippen LogP) is 2.49. The van der Waals surface area contributed by atoms with E-state index in [0.29, 0.717) is 0 Å². The van der Waals surface area contributed by atoms with Crippen molar-refractivity contribution < 1.29 is 1.37 Å². The van der Waals surface area contributed by atoms with Gasteiger partial charge < -0.3 is 0 Å². The highest BCUT2D eigenvalue weighted by molar-refractivity contribution is 5.14. The van der Waals surface area contributed by atoms with Crippen molar-refractivity contribution in [2.24, 2.45) is 10.5 Å². The highest BCUT2D eigenvalue weighted by Gasteiger charge is 2.57. The van der Waals surface area contributed by atoms with E-state index in [1.807, 2.05) is 20.8 Å². The molecule has 0 spiro atoms. The van der Waals surface area contributed by atoms with Crippen LogP contribution in [-0.2, 0) is 0 Å². The van der Waals surface area contributed by atoms with Crippen molar-refractivity contribution in [1.82, 2.24) is 0 Å². The molecule has 0 aliphatic heterocycles. The fraction of sp³-hybridized carbons (Fsp3) is 1.00. The largest absolute Gasteiger partial charge is 0.0870 e. The lowest BCUT2D eigenvalue weighted by Crippen LogP contribution is -2.05. The van der Waals surface area contributed by atoms with Gasteiger partial charge in [-0.1, -0.05) is 25.9 Å². The van der Waals surface area contributed by atoms with E-state index in [2.05, 4.69) is 10.0 Å². The van der Waals surface area contributed by atoms with E-state index < -0.39 is 5.54 Å². The maximum absolute atomic E-state index is 8.17. The number of hydrogen-bond donors (Lipinski definition) is 0. The molecule has 1 rings (SSSR count). The molecule has 3 nitrogen and oxygen atoms in total. The summed E-state index contributed by atoms with van der Waals surface area (Å²) in [7, 11) is 0. The van der Waals surface area contributed by atoms with Gasteiger partial charge in [0, 0.05) is 6.28 Å². The van der Waals surface area contributed by atoms with E-state index in [4.69, 9.17) is 6.90 Å². The van der Waals surface area contributed by atoms with Crippen molar-refractivity contribution in [2.75, 3.05) is 0 Å². The Morgan fingerprint density at radius 3 is 2.22 bits per heavy atom. The fourth-order valence-electron chi connectivity index (χ4n) is 0.917. The first-order valence-electron chi connectivity index (χ1n) is 3.53. The summed E-state index contributed by atoms with van der Waals surface area (Å²) < 4.78 is 7.49. The zero-order valence-corrected chi connectivity index (χ0v) is 5.92. The molecule has 1 aliphatic rings. The van der Waals surface area contributed by atoms with Gasteiger partial charge in [0.15, 0.2) is 0 Å². The van der Waals surface area contributed by atoms with Crippen LogP contribution in [-0.4, -0.2) is 5.54 Å². The van der Waals surface area contributed by atoms with E-state index in [0.717, 1.165) is 0 Å². The molecule has 0 bridgehead atoms. The summed E-state index contributed by atoms with van der Waals surface area (Å²) in [6.45, 7) is 5.71. The Labute approximate surface area is 56.1 Å². The number of hydrogen-bond acceptors (Lipinski definition) is 1. The van der Waals surface area contributed by atoms with Crippen LogP contribution in [0.2, 0.25) is 0 Å². The van der Waals surface area contributed by atoms with Crippen LogP contribution in [0.3, 0.4) is 0 Å². The SMILES string of the molecule is [2H][C@H]1C(C)(C)[C@@]1(C)N=[N+]=[N-]. The van der Waals surface area contributed by atoms with Crippen molar-refractivity contribution >= 4 is 0 Å². The topological polar surface area (TPSA) is 48.8 Å². The normalized spacial score (nSPS) is 47.0. The van der Waals surface area contributed by atoms with E-state index in [9.17, 15) is 0 Å². The molecular formula is C6H11N3. The van der Waals surface area contributed by atoms with Gasteiger partial charge in [-0.2, -0.15) is 0 Å². The van der Waals surface area contributed by atoms with Crippen LogP contribution in [0.15, 0.2) is 5.11 Å². The summed E-state index contributed by atoms with van der Waals surface area (Å²) in [6.07, 6.45) is -0.240. The van der Waals surface area contributed by atoms with Crippen molar-refractivity contribution in [3.63, 3.8) is 0 Å². The third-order valence-corrected chi connectivity index (χ3v) is 2.12. The smallest absolute Gasteiger partial charge is 0.0516 e. The standard InChI is InChI=1S/C6H11N3/c1-5(2)4-6(5,3)8-9-7/h4H2,1-3H3/t6-/m0/s1/i4D/t4-,6-. The van der Waals surface area contributed by atoms with Gasteiger partial charge in [0.1, 0.15) is 0 Å². The molecule has 50 valence electrons. The average Bonchev–Trinajstić information content (AvgIpc) is 2.17. The minimum Gasteiger partial charge on any atom is -0.0870 e. The van der Waals surface area contributed by atoms with Crippen LogP contribution < -0.4 is 0 Å². The zero-order chi connectivity index (χ0) is 7.99. The molecule has 9 heavy (non-hydrogen) atoms. The van der Waals surface area contributed by atoms with Gasteiger partial charge in [-0.25, -0.2) is 0 Å². The second-order valence-corrected chi connectivity index (χ2v) is 3.20. The first-order chi connectivity index (χ1) is 4.47. The summed E-state index contributed by atoms with van der Waals surface area (Å²) in [5.74, 6) is 0. The molecule has 1 saturated carbocycles. The predicted molar refractivity (Wildman–Crippen MR) is 35.9 cm³/mol. The summed E-state index contributed by atoms with van der Waals surface area (Å²) in [4.78, 5) is 2.72. The van der Waals surface area contributed by atoms with Gasteiger partial charge in [0.05, 0.1) is 5.54 Å². The second kappa shape index (κ2) is 1.42. The Morgan fingerprint density at radius 1 is 1.67 bits per heavy atom. The molecule has 0 aromatic rings. The lowest BCUT2D eigenvalue weighted by atomic mass is 10.1. The zero-order valence-electron chi connectivity index (χ0n) is 6.92. The summed E-state index contributed by atoms with van der Waals surface area (Å²) in [5, 5.41) is 3.59. The third kappa shape index (κ3) is 0.775. The Kier molecular flexibility index (Phi) is 0.809. The van der Waals surface area contributed by atoms with Gasteiger partial charge in [-0.3, -0.25) is 0 Å². The minimum absolute atomic E-state index is 0.140. The molecular weight excluding hydrogens is 114 g/mol. The molecule has 0 heterocycles. The van der Waals surface area contributed by atoms with Gasteiger partial charge in [-0.05, 0) is 17.3 Å². The molecule has 0 N–H and O–H groups in total. The van der Waals surface area contributed by atoms with Gasteiger partial charge in [-0.15, -0.1) is 0 Å². The molecule has 0 aromatic carbocycles. The monoisotopic (exact) mass is 126 g/mol. The van der Waals surface area contributed by atoms with E-state index in [1.54, 1.807) is 0 Å². The number of azide groups is 1. The number of rotatable bonds is 1. The van der Waals surface area contributed by atoms with E-state index in [-0.39, 0.29) is 11.8 Å². The van der Waals surface area contributed by atoms with E-state index >= 15 is 0 Å². The Morgan fingerprint density at radius 2 is 2.11 bits per heavy atom. The summed E-state index contributed by atoms with van der Waals surface area (Å²) in [6, 6.07) is 0. The third-order valence-electron chi connectivity index (χ3n) is 2.12. The van der Waals surface area contributed by atoms with Crippen LogP contribution in [0.5, 0.6) is 0 Å². The van der Waals surface area contributed by atoms with Crippen LogP contribution in [0.1, 0.15) is 28.5 Å². The van der Waals surface area contributed by atoms with Gasteiger partial charge >= 0.3 is 0 Å². The first kappa shape index (κ1) is 5.12. The fourth-order valence-corrected chi connectivity index (χ4v) is 0.917. The lowest BCUT2D eigenvalue weighted by Gasteiger charge is -2.04. The highest BCUT2D eigenvalue weighted by Crippen LogP contribution is 2.58. The van der Waals surface area contributed by atoms with Crippen molar-refractivity contribution in [1.29, 1.82) is 0 Å². The van der Waals surface area contributed by atoms with E-state index in [1.165, 1.54) is 0 Å².